The molecule has 0 spiro atoms. The summed E-state index contributed by atoms with van der Waals surface area (Å²) in [6.45, 7) is 0. The number of primary amides is 1. The molecule has 0 saturated carbocycles. The van der Waals surface area contributed by atoms with Crippen LogP contribution in [0.3, 0.4) is 0 Å². The molecule has 128 valence electrons. The number of nitrogens with two attached hydrogens (primary N) is 1. The molecule has 0 saturated heterocycles. The van der Waals surface area contributed by atoms with Crippen molar-refractivity contribution in [3.63, 3.8) is 0 Å². The van der Waals surface area contributed by atoms with E-state index in [1.54, 1.807) is 18.2 Å². The maximum Gasteiger partial charge on any atom is 0.255 e. The summed E-state index contributed by atoms with van der Waals surface area (Å²) in [5.74, 6) is -3.98. The van der Waals surface area contributed by atoms with Gasteiger partial charge in [-0.15, -0.1) is 0 Å². The molecule has 3 aliphatic carbocycles. The molecular weight excluding hydrogens is 322 g/mol. The lowest BCUT2D eigenvalue weighted by Crippen LogP contribution is -2.47. The first-order chi connectivity index (χ1) is 11.9. The van der Waals surface area contributed by atoms with E-state index in [2.05, 4.69) is 0 Å². The zero-order valence-corrected chi connectivity index (χ0v) is 13.3. The van der Waals surface area contributed by atoms with Crippen molar-refractivity contribution in [2.45, 2.75) is 18.9 Å². The maximum atomic E-state index is 12.8. The fraction of sp³-hybridized carbons (Fsp3) is 0.316. The van der Waals surface area contributed by atoms with Crippen molar-refractivity contribution in [3.8, 4) is 0 Å². The minimum atomic E-state index is -1.34. The molecule has 0 aromatic heterocycles. The zero-order valence-electron chi connectivity index (χ0n) is 13.3. The van der Waals surface area contributed by atoms with Gasteiger partial charge in [0, 0.05) is 23.0 Å². The molecule has 4 unspecified atom stereocenters. The van der Waals surface area contributed by atoms with Crippen LogP contribution in [-0.2, 0) is 16.0 Å². The highest BCUT2D eigenvalue weighted by atomic mass is 16.3. The molecule has 6 nitrogen and oxygen atoms in total. The number of carbonyl (C=O) groups is 3. The number of fused-ring (bicyclic) bond motifs is 3. The Labute approximate surface area is 143 Å². The van der Waals surface area contributed by atoms with E-state index in [-0.39, 0.29) is 11.7 Å². The van der Waals surface area contributed by atoms with Gasteiger partial charge in [-0.05, 0) is 24.3 Å². The minimum Gasteiger partial charge on any atom is -0.509 e. The van der Waals surface area contributed by atoms with Crippen LogP contribution in [0.15, 0.2) is 47.2 Å². The first kappa shape index (κ1) is 15.8. The third-order valence-electron chi connectivity index (χ3n) is 5.54. The quantitative estimate of drug-likeness (QED) is 0.656. The minimum absolute atomic E-state index is 0.117. The number of Topliss-reactive ketones (excluding diaryl/α,β-unsaturated/α-hetero) is 2. The van der Waals surface area contributed by atoms with Crippen molar-refractivity contribution in [3.05, 3.63) is 58.4 Å². The first-order valence-electron chi connectivity index (χ1n) is 8.19. The molecule has 0 aliphatic heterocycles. The van der Waals surface area contributed by atoms with Gasteiger partial charge in [-0.1, -0.05) is 30.3 Å². The smallest absolute Gasteiger partial charge is 0.255 e. The number of amides is 1. The number of aliphatic hydroxyl groups excluding tert-OH is 2. The Morgan fingerprint density at radius 1 is 1.20 bits per heavy atom. The van der Waals surface area contributed by atoms with Crippen molar-refractivity contribution < 1.29 is 24.6 Å². The molecule has 4 rings (SSSR count). The highest BCUT2D eigenvalue weighted by Gasteiger charge is 2.49. The van der Waals surface area contributed by atoms with Crippen molar-refractivity contribution in [1.29, 1.82) is 0 Å². The van der Waals surface area contributed by atoms with E-state index in [0.717, 1.165) is 5.56 Å². The van der Waals surface area contributed by atoms with E-state index in [1.165, 1.54) is 0 Å². The monoisotopic (exact) mass is 339 g/mol. The fourth-order valence-electron chi connectivity index (χ4n) is 4.34. The molecule has 1 aromatic rings. The molecule has 1 aromatic carbocycles. The van der Waals surface area contributed by atoms with Gasteiger partial charge >= 0.3 is 0 Å². The van der Waals surface area contributed by atoms with Crippen molar-refractivity contribution in [2.24, 2.45) is 23.5 Å². The Bertz CT molecular complexity index is 882. The summed E-state index contributed by atoms with van der Waals surface area (Å²) in [7, 11) is 0. The van der Waals surface area contributed by atoms with E-state index in [4.69, 9.17) is 5.73 Å². The zero-order chi connectivity index (χ0) is 17.9. The van der Waals surface area contributed by atoms with Gasteiger partial charge in [0.15, 0.2) is 11.6 Å². The SMILES string of the molecule is NC(=O)C1=C(O)C(O)C2CC3Cc4ccccc4C(=O)C3=CC2C1=O. The molecule has 3 aliphatic rings. The number of allylic oxidation sites excluding steroid dienone is 2. The maximum absolute atomic E-state index is 12.8. The van der Waals surface area contributed by atoms with Crippen LogP contribution in [0.1, 0.15) is 22.3 Å². The number of hydrogen-bond acceptors (Lipinski definition) is 5. The highest BCUT2D eigenvalue weighted by molar-refractivity contribution is 6.21. The number of ketones is 2. The molecule has 25 heavy (non-hydrogen) atoms. The fourth-order valence-corrected chi connectivity index (χ4v) is 4.34. The first-order valence-corrected chi connectivity index (χ1v) is 8.19. The molecule has 4 atom stereocenters. The van der Waals surface area contributed by atoms with Crippen LogP contribution in [-0.4, -0.2) is 33.8 Å². The van der Waals surface area contributed by atoms with E-state index in [1.807, 2.05) is 12.1 Å². The molecule has 0 bridgehead atoms. The lowest BCUT2D eigenvalue weighted by Gasteiger charge is -2.41. The van der Waals surface area contributed by atoms with Crippen molar-refractivity contribution in [2.75, 3.05) is 0 Å². The van der Waals surface area contributed by atoms with Gasteiger partial charge in [0.1, 0.15) is 17.4 Å². The Balaban J connectivity index is 1.80. The Morgan fingerprint density at radius 3 is 2.64 bits per heavy atom. The standard InChI is InChI=1S/C19H17NO5/c20-19(25)14-16(22)13-7-11-9(6-12(13)17(23)18(14)24)5-8-3-1-2-4-10(8)15(11)21/h1-4,7,9,12-13,17,23-24H,5-6H2,(H2,20,25). The van der Waals surface area contributed by atoms with Gasteiger partial charge in [0.05, 0.1) is 0 Å². The predicted molar refractivity (Wildman–Crippen MR) is 87.5 cm³/mol. The van der Waals surface area contributed by atoms with Gasteiger partial charge in [-0.25, -0.2) is 0 Å². The van der Waals surface area contributed by atoms with Gasteiger partial charge in [0.2, 0.25) is 0 Å². The van der Waals surface area contributed by atoms with Crippen LogP contribution in [0.2, 0.25) is 0 Å². The van der Waals surface area contributed by atoms with Gasteiger partial charge in [0.25, 0.3) is 5.91 Å². The second-order valence-electron chi connectivity index (χ2n) is 6.87. The predicted octanol–water partition coefficient (Wildman–Crippen LogP) is 0.845. The van der Waals surface area contributed by atoms with Crippen molar-refractivity contribution in [1.82, 2.24) is 0 Å². The summed E-state index contributed by atoms with van der Waals surface area (Å²) >= 11 is 0. The van der Waals surface area contributed by atoms with E-state index in [9.17, 15) is 24.6 Å². The average molecular weight is 339 g/mol. The number of aliphatic hydroxyl groups is 2. The van der Waals surface area contributed by atoms with Crippen LogP contribution in [0.5, 0.6) is 0 Å². The molecule has 6 heteroatoms. The number of hydrogen-bond donors (Lipinski definition) is 3. The Kier molecular flexibility index (Phi) is 3.40. The summed E-state index contributed by atoms with van der Waals surface area (Å²) in [6, 6.07) is 7.34. The molecule has 0 radical (unpaired) electrons. The van der Waals surface area contributed by atoms with Gasteiger partial charge in [-0.3, -0.25) is 14.4 Å². The van der Waals surface area contributed by atoms with Gasteiger partial charge < -0.3 is 15.9 Å². The summed E-state index contributed by atoms with van der Waals surface area (Å²) < 4.78 is 0. The summed E-state index contributed by atoms with van der Waals surface area (Å²) in [5, 5.41) is 20.4. The van der Waals surface area contributed by atoms with Gasteiger partial charge in [-0.2, -0.15) is 0 Å². The molecular formula is C19H17NO5. The second-order valence-corrected chi connectivity index (χ2v) is 6.87. The lowest BCUT2D eigenvalue weighted by molar-refractivity contribution is -0.127. The molecule has 4 N–H and O–H groups in total. The Morgan fingerprint density at radius 2 is 1.92 bits per heavy atom. The lowest BCUT2D eigenvalue weighted by atomic mass is 9.63. The third kappa shape index (κ3) is 2.17. The topological polar surface area (TPSA) is 118 Å². The molecule has 0 fully saturated rings. The molecule has 1 amide bonds. The normalized spacial score (nSPS) is 31.0. The Hall–Kier alpha value is -2.73. The summed E-state index contributed by atoms with van der Waals surface area (Å²) in [6.07, 6.45) is 1.26. The number of benzene rings is 1. The molecule has 0 heterocycles. The number of rotatable bonds is 1. The van der Waals surface area contributed by atoms with Crippen molar-refractivity contribution >= 4 is 17.5 Å². The summed E-state index contributed by atoms with van der Waals surface area (Å²) in [5.41, 5.74) is 6.73. The highest BCUT2D eigenvalue weighted by Crippen LogP contribution is 2.45. The number of carbonyl (C=O) groups excluding carboxylic acids is 3. The third-order valence-corrected chi connectivity index (χ3v) is 5.54. The van der Waals surface area contributed by atoms with Crippen LogP contribution < -0.4 is 5.73 Å². The van der Waals surface area contributed by atoms with Crippen LogP contribution in [0, 0.1) is 17.8 Å². The van der Waals surface area contributed by atoms with Crippen LogP contribution >= 0.6 is 0 Å². The summed E-state index contributed by atoms with van der Waals surface area (Å²) in [4.78, 5) is 36.9. The van der Waals surface area contributed by atoms with E-state index < -0.39 is 41.0 Å². The average Bonchev–Trinajstić information content (AvgIpc) is 2.59. The second kappa shape index (κ2) is 5.39. The van der Waals surface area contributed by atoms with E-state index in [0.29, 0.717) is 24.0 Å². The van der Waals surface area contributed by atoms with Crippen LogP contribution in [0.4, 0.5) is 0 Å². The largest absolute Gasteiger partial charge is 0.509 e. The van der Waals surface area contributed by atoms with E-state index >= 15 is 0 Å². The van der Waals surface area contributed by atoms with Crippen LogP contribution in [0.25, 0.3) is 0 Å².